The van der Waals surface area contributed by atoms with Crippen LogP contribution < -0.4 is 5.32 Å². The fourth-order valence-electron chi connectivity index (χ4n) is 4.02. The Bertz CT molecular complexity index is 264. The first-order valence-electron chi connectivity index (χ1n) is 8.72. The molecule has 1 N–H and O–H groups in total. The first-order valence-corrected chi connectivity index (χ1v) is 8.72. The minimum Gasteiger partial charge on any atom is -0.314 e. The van der Waals surface area contributed by atoms with Gasteiger partial charge in [0.15, 0.2) is 0 Å². The molecule has 3 heteroatoms. The highest BCUT2D eigenvalue weighted by atomic mass is 19.3. The van der Waals surface area contributed by atoms with Gasteiger partial charge in [0.05, 0.1) is 0 Å². The zero-order chi connectivity index (χ0) is 14.4. The normalized spacial score (nSPS) is 26.6. The Morgan fingerprint density at radius 2 is 1.70 bits per heavy atom. The summed E-state index contributed by atoms with van der Waals surface area (Å²) in [4.78, 5) is 0. The molecule has 1 nitrogen and oxygen atoms in total. The van der Waals surface area contributed by atoms with Crippen LogP contribution in [0.3, 0.4) is 0 Å². The molecule has 0 spiro atoms. The van der Waals surface area contributed by atoms with E-state index in [1.807, 2.05) is 0 Å². The summed E-state index contributed by atoms with van der Waals surface area (Å²) in [5.74, 6) is -1.08. The quantitative estimate of drug-likeness (QED) is 0.712. The van der Waals surface area contributed by atoms with Gasteiger partial charge in [-0.05, 0) is 44.1 Å². The van der Waals surface area contributed by atoms with Crippen molar-refractivity contribution in [3.8, 4) is 0 Å². The molecule has 2 saturated carbocycles. The summed E-state index contributed by atoms with van der Waals surface area (Å²) in [7, 11) is 0. The average molecular weight is 287 g/mol. The number of hydrogen-bond acceptors (Lipinski definition) is 1. The lowest BCUT2D eigenvalue weighted by atomic mass is 9.76. The SMILES string of the molecule is CCCNC(CC1CCCCC1)C1CCC(F)(F)CC1. The Morgan fingerprint density at radius 1 is 1.05 bits per heavy atom. The standard InChI is InChI=1S/C17H31F2N/c1-2-12-20-16(13-14-6-4-3-5-7-14)15-8-10-17(18,19)11-9-15/h14-16,20H,2-13H2,1H3. The van der Waals surface area contributed by atoms with Crippen molar-refractivity contribution >= 4 is 0 Å². The largest absolute Gasteiger partial charge is 0.314 e. The maximum absolute atomic E-state index is 13.3. The second-order valence-electron chi connectivity index (χ2n) is 6.99. The van der Waals surface area contributed by atoms with Crippen molar-refractivity contribution in [3.05, 3.63) is 0 Å². The summed E-state index contributed by atoms with van der Waals surface area (Å²) in [6, 6.07) is 0.481. The van der Waals surface area contributed by atoms with Crippen molar-refractivity contribution in [1.82, 2.24) is 5.32 Å². The van der Waals surface area contributed by atoms with Crippen molar-refractivity contribution in [2.75, 3.05) is 6.54 Å². The lowest BCUT2D eigenvalue weighted by molar-refractivity contribution is -0.0505. The minimum atomic E-state index is -2.39. The van der Waals surface area contributed by atoms with Gasteiger partial charge in [0.25, 0.3) is 0 Å². The van der Waals surface area contributed by atoms with Crippen LogP contribution in [0.5, 0.6) is 0 Å². The summed E-state index contributed by atoms with van der Waals surface area (Å²) in [6.45, 7) is 3.21. The zero-order valence-corrected chi connectivity index (χ0v) is 13.0. The third-order valence-corrected chi connectivity index (χ3v) is 5.30. The molecule has 0 aromatic rings. The smallest absolute Gasteiger partial charge is 0.248 e. The maximum atomic E-state index is 13.3. The van der Waals surface area contributed by atoms with Crippen LogP contribution >= 0.6 is 0 Å². The molecule has 2 aliphatic rings. The molecular formula is C17H31F2N. The van der Waals surface area contributed by atoms with E-state index < -0.39 is 5.92 Å². The second kappa shape index (κ2) is 7.72. The number of nitrogens with one attached hydrogen (secondary N) is 1. The van der Waals surface area contributed by atoms with Crippen LogP contribution in [0.2, 0.25) is 0 Å². The van der Waals surface area contributed by atoms with E-state index in [-0.39, 0.29) is 12.8 Å². The van der Waals surface area contributed by atoms with Crippen molar-refractivity contribution in [2.45, 2.75) is 89.5 Å². The highest BCUT2D eigenvalue weighted by Gasteiger charge is 2.37. The van der Waals surface area contributed by atoms with Gasteiger partial charge in [-0.25, -0.2) is 8.78 Å². The fourth-order valence-corrected chi connectivity index (χ4v) is 4.02. The molecule has 0 radical (unpaired) electrons. The lowest BCUT2D eigenvalue weighted by Crippen LogP contribution is -2.41. The average Bonchev–Trinajstić information content (AvgIpc) is 2.45. The molecule has 2 rings (SSSR count). The van der Waals surface area contributed by atoms with Gasteiger partial charge in [-0.2, -0.15) is 0 Å². The minimum absolute atomic E-state index is 0.104. The summed E-state index contributed by atoms with van der Waals surface area (Å²) >= 11 is 0. The van der Waals surface area contributed by atoms with Crippen molar-refractivity contribution in [2.24, 2.45) is 11.8 Å². The third-order valence-electron chi connectivity index (χ3n) is 5.30. The third kappa shape index (κ3) is 4.98. The predicted octanol–water partition coefficient (Wildman–Crippen LogP) is 5.15. The molecule has 0 saturated heterocycles. The van der Waals surface area contributed by atoms with E-state index >= 15 is 0 Å². The van der Waals surface area contributed by atoms with Crippen molar-refractivity contribution < 1.29 is 8.78 Å². The summed E-state index contributed by atoms with van der Waals surface area (Å²) < 4.78 is 26.7. The number of rotatable bonds is 6. The van der Waals surface area contributed by atoms with E-state index in [1.54, 1.807) is 0 Å². The number of hydrogen-bond donors (Lipinski definition) is 1. The van der Waals surface area contributed by atoms with E-state index in [2.05, 4.69) is 12.2 Å². The molecule has 0 aromatic heterocycles. The van der Waals surface area contributed by atoms with Crippen molar-refractivity contribution in [1.29, 1.82) is 0 Å². The molecule has 0 aliphatic heterocycles. The zero-order valence-electron chi connectivity index (χ0n) is 13.0. The van der Waals surface area contributed by atoms with Gasteiger partial charge in [-0.3, -0.25) is 0 Å². The van der Waals surface area contributed by atoms with E-state index in [4.69, 9.17) is 0 Å². The van der Waals surface area contributed by atoms with Gasteiger partial charge < -0.3 is 5.32 Å². The second-order valence-corrected chi connectivity index (χ2v) is 6.99. The van der Waals surface area contributed by atoms with Gasteiger partial charge in [-0.1, -0.05) is 39.0 Å². The Balaban J connectivity index is 1.85. The highest BCUT2D eigenvalue weighted by Crippen LogP contribution is 2.39. The number of alkyl halides is 2. The lowest BCUT2D eigenvalue weighted by Gasteiger charge is -2.36. The Kier molecular flexibility index (Phi) is 6.25. The van der Waals surface area contributed by atoms with Crippen LogP contribution in [0, 0.1) is 11.8 Å². The van der Waals surface area contributed by atoms with Gasteiger partial charge in [0.2, 0.25) is 5.92 Å². The monoisotopic (exact) mass is 287 g/mol. The van der Waals surface area contributed by atoms with Gasteiger partial charge in [-0.15, -0.1) is 0 Å². The summed E-state index contributed by atoms with van der Waals surface area (Å²) in [5.41, 5.74) is 0. The first kappa shape index (κ1) is 16.2. The Morgan fingerprint density at radius 3 is 2.30 bits per heavy atom. The van der Waals surface area contributed by atoms with Crippen LogP contribution in [-0.4, -0.2) is 18.5 Å². The van der Waals surface area contributed by atoms with E-state index in [9.17, 15) is 8.78 Å². The van der Waals surface area contributed by atoms with Crippen LogP contribution in [0.1, 0.15) is 77.6 Å². The molecule has 118 valence electrons. The first-order chi connectivity index (χ1) is 9.61. The summed E-state index contributed by atoms with van der Waals surface area (Å²) in [6.07, 6.45) is 10.8. The molecular weight excluding hydrogens is 256 g/mol. The fraction of sp³-hybridized carbons (Fsp3) is 1.00. The van der Waals surface area contributed by atoms with Crippen LogP contribution in [-0.2, 0) is 0 Å². The van der Waals surface area contributed by atoms with Crippen LogP contribution in [0.15, 0.2) is 0 Å². The maximum Gasteiger partial charge on any atom is 0.248 e. The van der Waals surface area contributed by atoms with E-state index in [1.165, 1.54) is 38.5 Å². The Hall–Kier alpha value is -0.180. The summed E-state index contributed by atoms with van der Waals surface area (Å²) in [5, 5.41) is 3.67. The number of halogens is 2. The van der Waals surface area contributed by atoms with Gasteiger partial charge >= 0.3 is 0 Å². The molecule has 2 fully saturated rings. The molecule has 20 heavy (non-hydrogen) atoms. The molecule has 0 heterocycles. The molecule has 0 amide bonds. The predicted molar refractivity (Wildman–Crippen MR) is 80.2 cm³/mol. The Labute approximate surface area is 122 Å². The van der Waals surface area contributed by atoms with Crippen LogP contribution in [0.25, 0.3) is 0 Å². The van der Waals surface area contributed by atoms with Crippen LogP contribution in [0.4, 0.5) is 8.78 Å². The topological polar surface area (TPSA) is 12.0 Å². The molecule has 0 bridgehead atoms. The highest BCUT2D eigenvalue weighted by molar-refractivity contribution is 4.86. The van der Waals surface area contributed by atoms with E-state index in [0.717, 1.165) is 18.9 Å². The van der Waals surface area contributed by atoms with Gasteiger partial charge in [0.1, 0.15) is 0 Å². The molecule has 1 atom stereocenters. The molecule has 1 unspecified atom stereocenters. The van der Waals surface area contributed by atoms with Crippen molar-refractivity contribution in [3.63, 3.8) is 0 Å². The molecule has 2 aliphatic carbocycles. The van der Waals surface area contributed by atoms with E-state index in [0.29, 0.717) is 24.8 Å². The van der Waals surface area contributed by atoms with Gasteiger partial charge in [0, 0.05) is 18.9 Å². The molecule has 0 aromatic carbocycles.